The number of hydrogen-bond acceptors (Lipinski definition) is 4. The normalized spacial score (nSPS) is 12.3. The van der Waals surface area contributed by atoms with Gasteiger partial charge in [0.15, 0.2) is 0 Å². The van der Waals surface area contributed by atoms with E-state index < -0.39 is 5.76 Å². The summed E-state index contributed by atoms with van der Waals surface area (Å²) < 4.78 is 10.0. The lowest BCUT2D eigenvalue weighted by atomic mass is 9.96. The number of nitrogens with one attached hydrogen (secondary N) is 1. The van der Waals surface area contributed by atoms with Gasteiger partial charge in [0.2, 0.25) is 5.89 Å². The van der Waals surface area contributed by atoms with Gasteiger partial charge in [-0.1, -0.05) is 19.1 Å². The fourth-order valence-corrected chi connectivity index (χ4v) is 2.00. The second-order valence-electron chi connectivity index (χ2n) is 4.70. The number of rotatable bonds is 6. The van der Waals surface area contributed by atoms with Crippen molar-refractivity contribution in [2.45, 2.75) is 26.2 Å². The third kappa shape index (κ3) is 3.98. The first-order valence-corrected chi connectivity index (χ1v) is 6.34. The van der Waals surface area contributed by atoms with E-state index in [1.807, 2.05) is 12.1 Å². The molecule has 0 aliphatic heterocycles. The van der Waals surface area contributed by atoms with E-state index in [0.717, 1.165) is 18.6 Å². The molecule has 0 aliphatic carbocycles. The standard InChI is InChI=1S/C14H18N2O3/c1-10(3-8-13-15-16-14(17)19-13)9-11-4-6-12(18-2)7-5-11/h4-7,10H,3,8-9H2,1-2H3,(H,16,17). The van der Waals surface area contributed by atoms with E-state index in [4.69, 9.17) is 9.15 Å². The molecule has 1 unspecified atom stereocenters. The maximum atomic E-state index is 10.8. The van der Waals surface area contributed by atoms with E-state index in [-0.39, 0.29) is 0 Å². The van der Waals surface area contributed by atoms with Gasteiger partial charge in [-0.05, 0) is 36.5 Å². The summed E-state index contributed by atoms with van der Waals surface area (Å²) in [5, 5.41) is 6.07. The van der Waals surface area contributed by atoms with Gasteiger partial charge in [0.25, 0.3) is 0 Å². The molecule has 0 fully saturated rings. The summed E-state index contributed by atoms with van der Waals surface area (Å²) in [5.74, 6) is 1.36. The molecule has 1 atom stereocenters. The molecule has 0 aliphatic rings. The zero-order valence-corrected chi connectivity index (χ0v) is 11.2. The third-order valence-electron chi connectivity index (χ3n) is 3.08. The Labute approximate surface area is 111 Å². The minimum atomic E-state index is -0.488. The predicted molar refractivity (Wildman–Crippen MR) is 71.3 cm³/mol. The molecule has 2 aromatic rings. The Hall–Kier alpha value is -2.04. The first-order valence-electron chi connectivity index (χ1n) is 6.34. The fourth-order valence-electron chi connectivity index (χ4n) is 2.00. The molecule has 102 valence electrons. The number of aromatic amines is 1. The first-order chi connectivity index (χ1) is 9.17. The molecule has 1 heterocycles. The van der Waals surface area contributed by atoms with Crippen molar-refractivity contribution in [1.82, 2.24) is 10.2 Å². The molecule has 0 amide bonds. The number of H-pyrrole nitrogens is 1. The minimum absolute atomic E-state index is 0.478. The van der Waals surface area contributed by atoms with Gasteiger partial charge in [-0.25, -0.2) is 9.89 Å². The summed E-state index contributed by atoms with van der Waals surface area (Å²) in [6.45, 7) is 2.18. The molecule has 1 aromatic heterocycles. The summed E-state index contributed by atoms with van der Waals surface area (Å²) in [4.78, 5) is 10.8. The number of nitrogens with zero attached hydrogens (tertiary/aromatic N) is 1. The van der Waals surface area contributed by atoms with Crippen LogP contribution in [0.1, 0.15) is 24.8 Å². The molecule has 5 nitrogen and oxygen atoms in total. The number of ether oxygens (including phenoxy) is 1. The SMILES string of the molecule is COc1ccc(CC(C)CCc2n[nH]c(=O)o2)cc1. The first kappa shape index (κ1) is 13.4. The van der Waals surface area contributed by atoms with Crippen LogP contribution in [0.4, 0.5) is 0 Å². The highest BCUT2D eigenvalue weighted by Gasteiger charge is 2.07. The number of methoxy groups -OCH3 is 1. The Morgan fingerprint density at radius 2 is 2.11 bits per heavy atom. The smallest absolute Gasteiger partial charge is 0.434 e. The average Bonchev–Trinajstić information content (AvgIpc) is 2.83. The largest absolute Gasteiger partial charge is 0.497 e. The highest BCUT2D eigenvalue weighted by atomic mass is 16.5. The van der Waals surface area contributed by atoms with Gasteiger partial charge in [-0.15, -0.1) is 5.10 Å². The average molecular weight is 262 g/mol. The minimum Gasteiger partial charge on any atom is -0.497 e. The molecule has 19 heavy (non-hydrogen) atoms. The molecule has 2 rings (SSSR count). The van der Waals surface area contributed by atoms with Crippen molar-refractivity contribution in [2.75, 3.05) is 7.11 Å². The number of benzene rings is 1. The second-order valence-corrected chi connectivity index (χ2v) is 4.70. The van der Waals surface area contributed by atoms with Crippen LogP contribution in [0.2, 0.25) is 0 Å². The molecule has 0 bridgehead atoms. The molecule has 5 heteroatoms. The predicted octanol–water partition coefficient (Wildman–Crippen LogP) is 2.18. The molecule has 0 radical (unpaired) electrons. The van der Waals surface area contributed by atoms with Crippen molar-refractivity contribution in [3.63, 3.8) is 0 Å². The van der Waals surface area contributed by atoms with Gasteiger partial charge >= 0.3 is 5.76 Å². The Bertz CT molecular complexity index is 557. The van der Waals surface area contributed by atoms with Gasteiger partial charge < -0.3 is 9.15 Å². The Morgan fingerprint density at radius 3 is 2.68 bits per heavy atom. The van der Waals surface area contributed by atoms with Crippen molar-refractivity contribution in [3.05, 3.63) is 46.3 Å². The van der Waals surface area contributed by atoms with Crippen LogP contribution in [0.15, 0.2) is 33.5 Å². The molecular weight excluding hydrogens is 244 g/mol. The lowest BCUT2D eigenvalue weighted by molar-refractivity contribution is 0.414. The fraction of sp³-hybridized carbons (Fsp3) is 0.429. The van der Waals surface area contributed by atoms with Gasteiger partial charge in [-0.3, -0.25) is 0 Å². The zero-order valence-electron chi connectivity index (χ0n) is 11.2. The topological polar surface area (TPSA) is 68.1 Å². The lowest BCUT2D eigenvalue weighted by Gasteiger charge is -2.10. The van der Waals surface area contributed by atoms with Crippen LogP contribution in [0.3, 0.4) is 0 Å². The maximum Gasteiger partial charge on any atom is 0.434 e. The van der Waals surface area contributed by atoms with Crippen molar-refractivity contribution in [3.8, 4) is 5.75 Å². The molecule has 0 saturated carbocycles. The van der Waals surface area contributed by atoms with Gasteiger partial charge in [-0.2, -0.15) is 0 Å². The van der Waals surface area contributed by atoms with E-state index >= 15 is 0 Å². The van der Waals surface area contributed by atoms with Gasteiger partial charge in [0, 0.05) is 6.42 Å². The maximum absolute atomic E-state index is 10.8. The van der Waals surface area contributed by atoms with Gasteiger partial charge in [0.05, 0.1) is 7.11 Å². The van der Waals surface area contributed by atoms with E-state index in [1.54, 1.807) is 7.11 Å². The van der Waals surface area contributed by atoms with Crippen molar-refractivity contribution >= 4 is 0 Å². The van der Waals surface area contributed by atoms with E-state index in [2.05, 4.69) is 29.3 Å². The summed E-state index contributed by atoms with van der Waals surface area (Å²) in [7, 11) is 1.66. The molecule has 0 saturated heterocycles. The van der Waals surface area contributed by atoms with Crippen LogP contribution < -0.4 is 10.5 Å². The zero-order chi connectivity index (χ0) is 13.7. The van der Waals surface area contributed by atoms with E-state index in [1.165, 1.54) is 5.56 Å². The molecular formula is C14H18N2O3. The highest BCUT2D eigenvalue weighted by molar-refractivity contribution is 5.27. The molecule has 1 aromatic carbocycles. The van der Waals surface area contributed by atoms with Crippen LogP contribution in [-0.2, 0) is 12.8 Å². The lowest BCUT2D eigenvalue weighted by Crippen LogP contribution is -2.02. The Morgan fingerprint density at radius 1 is 1.37 bits per heavy atom. The monoisotopic (exact) mass is 262 g/mol. The second kappa shape index (κ2) is 6.22. The summed E-state index contributed by atoms with van der Waals surface area (Å²) in [6.07, 6.45) is 2.59. The number of aryl methyl sites for hydroxylation is 1. The van der Waals surface area contributed by atoms with Crippen molar-refractivity contribution in [2.24, 2.45) is 5.92 Å². The molecule has 1 N–H and O–H groups in total. The third-order valence-corrected chi connectivity index (χ3v) is 3.08. The number of hydrogen-bond donors (Lipinski definition) is 1. The quantitative estimate of drug-likeness (QED) is 0.866. The highest BCUT2D eigenvalue weighted by Crippen LogP contribution is 2.17. The summed E-state index contributed by atoms with van der Waals surface area (Å²) >= 11 is 0. The van der Waals surface area contributed by atoms with Crippen LogP contribution in [0.25, 0.3) is 0 Å². The van der Waals surface area contributed by atoms with Crippen LogP contribution in [-0.4, -0.2) is 17.3 Å². The number of aromatic nitrogens is 2. The van der Waals surface area contributed by atoms with Crippen molar-refractivity contribution < 1.29 is 9.15 Å². The Balaban J connectivity index is 1.83. The Kier molecular flexibility index (Phi) is 4.39. The van der Waals surface area contributed by atoms with Gasteiger partial charge in [0.1, 0.15) is 5.75 Å². The van der Waals surface area contributed by atoms with Crippen LogP contribution in [0, 0.1) is 5.92 Å². The summed E-state index contributed by atoms with van der Waals surface area (Å²) in [6, 6.07) is 8.08. The van der Waals surface area contributed by atoms with Crippen LogP contribution in [0.5, 0.6) is 5.75 Å². The van der Waals surface area contributed by atoms with E-state index in [9.17, 15) is 4.79 Å². The summed E-state index contributed by atoms with van der Waals surface area (Å²) in [5.41, 5.74) is 1.27. The van der Waals surface area contributed by atoms with Crippen molar-refractivity contribution in [1.29, 1.82) is 0 Å². The van der Waals surface area contributed by atoms with E-state index in [0.29, 0.717) is 18.2 Å². The van der Waals surface area contributed by atoms with Crippen LogP contribution >= 0.6 is 0 Å². The molecule has 0 spiro atoms.